The number of aromatic nitrogens is 3. The molecule has 252 valence electrons. The topological polar surface area (TPSA) is 171 Å². The molecule has 0 amide bonds. The van der Waals surface area contributed by atoms with E-state index in [0.29, 0.717) is 17.8 Å². The van der Waals surface area contributed by atoms with E-state index >= 15 is 0 Å². The molecule has 3 rings (SSSR count). The summed E-state index contributed by atoms with van der Waals surface area (Å²) in [5.74, 6) is 0.250. The Morgan fingerprint density at radius 3 is 2.11 bits per heavy atom. The summed E-state index contributed by atoms with van der Waals surface area (Å²) in [6.45, 7) is 4.00. The minimum absolute atomic E-state index is 0.113. The number of fused-ring (bicyclic) bond motifs is 1. The van der Waals surface area contributed by atoms with Crippen LogP contribution in [0.2, 0.25) is 0 Å². The average molecular weight is 643 g/mol. The number of nitrogens with two attached hydrogens (primary N) is 1. The second-order valence-corrected chi connectivity index (χ2v) is 13.5. The van der Waals surface area contributed by atoms with Crippen molar-refractivity contribution >= 4 is 19.2 Å². The number of anilines is 1. The lowest BCUT2D eigenvalue weighted by Gasteiger charge is -2.27. The van der Waals surface area contributed by atoms with Crippen molar-refractivity contribution in [2.45, 2.75) is 134 Å². The molecule has 0 bridgehead atoms. The zero-order chi connectivity index (χ0) is 31.8. The lowest BCUT2D eigenvalue weighted by atomic mass is 9.93. The van der Waals surface area contributed by atoms with Crippen LogP contribution in [0.3, 0.4) is 0 Å². The molecule has 0 aromatic carbocycles. The van der Waals surface area contributed by atoms with Gasteiger partial charge < -0.3 is 30.3 Å². The van der Waals surface area contributed by atoms with Gasteiger partial charge in [0.2, 0.25) is 0 Å². The smallest absolute Gasteiger partial charge is 0.387 e. The van der Waals surface area contributed by atoms with Gasteiger partial charge in [-0.1, -0.05) is 96.8 Å². The molecular weight excluding hydrogens is 587 g/mol. The Morgan fingerprint density at radius 1 is 0.909 bits per heavy atom. The lowest BCUT2D eigenvalue weighted by Crippen LogP contribution is -2.39. The third-order valence-electron chi connectivity index (χ3n) is 8.43. The van der Waals surface area contributed by atoms with Gasteiger partial charge in [-0.05, 0) is 25.5 Å². The molecular formula is C31H55N4O8P. The normalized spacial score (nSPS) is 23.4. The summed E-state index contributed by atoms with van der Waals surface area (Å²) in [6, 6.07) is 3.35. The summed E-state index contributed by atoms with van der Waals surface area (Å²) < 4.78 is 35.4. The number of nitrogen functional groups attached to an aromatic ring is 1. The van der Waals surface area contributed by atoms with E-state index < -0.39 is 38.3 Å². The van der Waals surface area contributed by atoms with Crippen molar-refractivity contribution in [3.8, 4) is 0 Å². The Balaban J connectivity index is 1.20. The molecule has 1 aliphatic heterocycles. The Labute approximate surface area is 262 Å². The molecule has 44 heavy (non-hydrogen) atoms. The molecule has 1 saturated heterocycles. The van der Waals surface area contributed by atoms with Gasteiger partial charge in [0.15, 0.2) is 5.82 Å². The monoisotopic (exact) mass is 642 g/mol. The molecule has 0 spiro atoms. The average Bonchev–Trinajstić information content (AvgIpc) is 3.54. The Morgan fingerprint density at radius 2 is 1.50 bits per heavy atom. The van der Waals surface area contributed by atoms with Crippen LogP contribution in [-0.4, -0.2) is 74.4 Å². The van der Waals surface area contributed by atoms with E-state index in [4.69, 9.17) is 24.3 Å². The fourth-order valence-electron chi connectivity index (χ4n) is 5.75. The highest BCUT2D eigenvalue weighted by atomic mass is 31.2. The first-order valence-electron chi connectivity index (χ1n) is 16.5. The van der Waals surface area contributed by atoms with E-state index in [1.165, 1.54) is 94.3 Å². The number of phosphoric acid groups is 1. The van der Waals surface area contributed by atoms with Crippen LogP contribution in [0.25, 0.3) is 5.52 Å². The van der Waals surface area contributed by atoms with Crippen LogP contribution in [0.5, 0.6) is 0 Å². The number of rotatable bonds is 24. The maximum Gasteiger partial charge on any atom is 0.472 e. The van der Waals surface area contributed by atoms with Crippen LogP contribution in [0, 0.1) is 0 Å². The van der Waals surface area contributed by atoms with Gasteiger partial charge >= 0.3 is 7.82 Å². The van der Waals surface area contributed by atoms with Gasteiger partial charge in [-0.25, -0.2) is 14.1 Å². The van der Waals surface area contributed by atoms with Crippen molar-refractivity contribution in [3.05, 3.63) is 24.2 Å². The molecule has 12 nitrogen and oxygen atoms in total. The van der Waals surface area contributed by atoms with E-state index in [1.807, 2.05) is 0 Å². The molecule has 2 unspecified atom stereocenters. The fourth-order valence-corrected chi connectivity index (χ4v) is 6.47. The highest BCUT2D eigenvalue weighted by Gasteiger charge is 2.54. The zero-order valence-corrected chi connectivity index (χ0v) is 27.5. The quantitative estimate of drug-likeness (QED) is 0.0822. The van der Waals surface area contributed by atoms with Crippen LogP contribution in [0.4, 0.5) is 5.82 Å². The summed E-state index contributed by atoms with van der Waals surface area (Å²) in [6.07, 6.45) is 16.9. The first-order valence-corrected chi connectivity index (χ1v) is 18.0. The Bertz CT molecular complexity index is 1140. The Hall–Kier alpha value is -1.63. The molecule has 0 aliphatic carbocycles. The number of nitrogens with zero attached hydrogens (tertiary/aromatic N) is 3. The molecule has 5 atom stereocenters. The summed E-state index contributed by atoms with van der Waals surface area (Å²) in [7, 11) is -4.43. The van der Waals surface area contributed by atoms with E-state index in [2.05, 4.69) is 17.0 Å². The van der Waals surface area contributed by atoms with Gasteiger partial charge in [0.25, 0.3) is 0 Å². The van der Waals surface area contributed by atoms with Gasteiger partial charge in [-0.3, -0.25) is 9.05 Å². The highest BCUT2D eigenvalue weighted by Crippen LogP contribution is 2.46. The summed E-state index contributed by atoms with van der Waals surface area (Å²) >= 11 is 0. The first kappa shape index (κ1) is 36.8. The highest BCUT2D eigenvalue weighted by molar-refractivity contribution is 7.47. The van der Waals surface area contributed by atoms with Crippen molar-refractivity contribution in [1.29, 1.82) is 0 Å². The maximum absolute atomic E-state index is 12.4. The molecule has 5 N–H and O–H groups in total. The third-order valence-corrected chi connectivity index (χ3v) is 9.42. The molecule has 3 heterocycles. The number of phosphoric ester groups is 1. The largest absolute Gasteiger partial charge is 0.472 e. The van der Waals surface area contributed by atoms with E-state index in [9.17, 15) is 19.7 Å². The van der Waals surface area contributed by atoms with Crippen LogP contribution >= 0.6 is 7.82 Å². The molecule has 2 aromatic rings. The first-order chi connectivity index (χ1) is 21.2. The Kier molecular flexibility index (Phi) is 16.0. The summed E-state index contributed by atoms with van der Waals surface area (Å²) in [4.78, 5) is 14.0. The predicted molar refractivity (Wildman–Crippen MR) is 169 cm³/mol. The summed E-state index contributed by atoms with van der Waals surface area (Å²) in [5, 5.41) is 25.6. The van der Waals surface area contributed by atoms with E-state index in [0.717, 1.165) is 12.8 Å². The van der Waals surface area contributed by atoms with Gasteiger partial charge in [0, 0.05) is 6.61 Å². The molecule has 0 radical (unpaired) electrons. The van der Waals surface area contributed by atoms with Gasteiger partial charge in [0.05, 0.1) is 25.5 Å². The van der Waals surface area contributed by atoms with Gasteiger partial charge in [-0.2, -0.15) is 5.10 Å². The van der Waals surface area contributed by atoms with Crippen LogP contribution in [0.1, 0.15) is 116 Å². The standard InChI is InChI=1S/C31H55N4O8P/c1-3-4-5-6-7-8-9-10-11-12-13-14-15-16-17-20-40-21-22-41-44(38,39)42-23-26-28(36)29(37)31(2,43-26)27-19-18-25-30(32)33-24-34-35(25)27/h18-19,24,26,28-29,36-37H,3-17,20-23H2,1-2H3,(H,38,39)(H2,32,33,34)/t26?,28-,29-,31+/m1/s1. The van der Waals surface area contributed by atoms with Gasteiger partial charge in [0.1, 0.15) is 35.8 Å². The minimum atomic E-state index is -4.43. The van der Waals surface area contributed by atoms with Crippen molar-refractivity contribution in [3.63, 3.8) is 0 Å². The number of aliphatic hydroxyl groups excluding tert-OH is 2. The second kappa shape index (κ2) is 19.1. The van der Waals surface area contributed by atoms with Crippen molar-refractivity contribution in [2.75, 3.05) is 32.2 Å². The second-order valence-electron chi connectivity index (χ2n) is 12.0. The minimum Gasteiger partial charge on any atom is -0.387 e. The molecule has 2 aromatic heterocycles. The van der Waals surface area contributed by atoms with Crippen LogP contribution in [0.15, 0.2) is 18.5 Å². The number of hydrogen-bond donors (Lipinski definition) is 4. The molecule has 0 saturated carbocycles. The molecule has 1 fully saturated rings. The van der Waals surface area contributed by atoms with Gasteiger partial charge in [-0.15, -0.1) is 0 Å². The number of unbranched alkanes of at least 4 members (excludes halogenated alkanes) is 14. The van der Waals surface area contributed by atoms with Crippen molar-refractivity contribution < 1.29 is 38.2 Å². The van der Waals surface area contributed by atoms with E-state index in [1.54, 1.807) is 19.1 Å². The maximum atomic E-state index is 12.4. The van der Waals surface area contributed by atoms with E-state index in [-0.39, 0.29) is 19.0 Å². The fraction of sp³-hybridized carbons (Fsp3) is 0.806. The lowest BCUT2D eigenvalue weighted by molar-refractivity contribution is -0.0889. The predicted octanol–water partition coefficient (Wildman–Crippen LogP) is 5.67. The third kappa shape index (κ3) is 11.3. The number of aliphatic hydroxyl groups is 2. The molecule has 13 heteroatoms. The summed E-state index contributed by atoms with van der Waals surface area (Å²) in [5.41, 5.74) is 5.46. The van der Waals surface area contributed by atoms with Crippen LogP contribution in [-0.2, 0) is 28.7 Å². The van der Waals surface area contributed by atoms with Crippen LogP contribution < -0.4 is 5.73 Å². The zero-order valence-electron chi connectivity index (χ0n) is 26.6. The number of hydrogen-bond acceptors (Lipinski definition) is 10. The SMILES string of the molecule is CCCCCCCCCCCCCCCCCOCCOP(=O)(O)OCC1O[C@@](C)(c2ccc3c(N)ncnn23)[C@H](O)[C@@H]1O. The van der Waals surface area contributed by atoms with Crippen molar-refractivity contribution in [1.82, 2.24) is 14.6 Å². The number of ether oxygens (including phenoxy) is 2. The van der Waals surface area contributed by atoms with Crippen molar-refractivity contribution in [2.24, 2.45) is 0 Å². The molecule has 1 aliphatic rings.